The van der Waals surface area contributed by atoms with Gasteiger partial charge in [0.2, 0.25) is 0 Å². The number of rotatable bonds is 2. The monoisotopic (exact) mass is 207 g/mol. The van der Waals surface area contributed by atoms with E-state index >= 15 is 0 Å². The number of aromatic nitrogens is 2. The lowest BCUT2D eigenvalue weighted by molar-refractivity contribution is 0.588. The maximum absolute atomic E-state index is 4.17. The van der Waals surface area contributed by atoms with Gasteiger partial charge in [-0.15, -0.1) is 5.10 Å². The van der Waals surface area contributed by atoms with Crippen LogP contribution in [0.1, 0.15) is 0 Å². The van der Waals surface area contributed by atoms with Crippen LogP contribution >= 0.6 is 0 Å². The Morgan fingerprint density at radius 2 is 2.07 bits per heavy atom. The van der Waals surface area contributed by atoms with Gasteiger partial charge in [-0.3, -0.25) is 0 Å². The third-order valence-corrected chi connectivity index (χ3v) is 2.56. The van der Waals surface area contributed by atoms with E-state index in [9.17, 15) is 0 Å². The van der Waals surface area contributed by atoms with Gasteiger partial charge in [0.1, 0.15) is 0 Å². The average Bonchev–Trinajstić information content (AvgIpc) is 2.30. The molecule has 1 aliphatic rings. The quantitative estimate of drug-likeness (QED) is 0.737. The smallest absolute Gasteiger partial charge is 0.174 e. The van der Waals surface area contributed by atoms with Gasteiger partial charge < -0.3 is 15.1 Å². The number of hydrogen-bond donors (Lipinski definition) is 1. The minimum atomic E-state index is 0.944. The van der Waals surface area contributed by atoms with Crippen LogP contribution in [-0.2, 0) is 0 Å². The lowest BCUT2D eigenvalue weighted by Crippen LogP contribution is -2.44. The third kappa shape index (κ3) is 2.18. The van der Waals surface area contributed by atoms with Gasteiger partial charge in [-0.05, 0) is 6.07 Å². The van der Waals surface area contributed by atoms with Crippen molar-refractivity contribution in [1.82, 2.24) is 15.5 Å². The number of nitrogens with zero attached hydrogens (tertiary/aromatic N) is 4. The fourth-order valence-electron chi connectivity index (χ4n) is 1.79. The predicted molar refractivity (Wildman–Crippen MR) is 61.4 cm³/mol. The summed E-state index contributed by atoms with van der Waals surface area (Å²) < 4.78 is 0. The van der Waals surface area contributed by atoms with E-state index in [0.29, 0.717) is 0 Å². The van der Waals surface area contributed by atoms with Crippen LogP contribution in [0.2, 0.25) is 0 Å². The van der Waals surface area contributed by atoms with Gasteiger partial charge in [0.15, 0.2) is 5.82 Å². The highest BCUT2D eigenvalue weighted by atomic mass is 15.3. The van der Waals surface area contributed by atoms with Crippen LogP contribution in [0.5, 0.6) is 0 Å². The van der Waals surface area contributed by atoms with Crippen molar-refractivity contribution < 1.29 is 0 Å². The highest BCUT2D eigenvalue weighted by Gasteiger charge is 2.15. The van der Waals surface area contributed by atoms with Gasteiger partial charge in [-0.2, -0.15) is 5.10 Å². The minimum absolute atomic E-state index is 0.944. The highest BCUT2D eigenvalue weighted by Crippen LogP contribution is 2.24. The summed E-state index contributed by atoms with van der Waals surface area (Å²) >= 11 is 0. The second-order valence-corrected chi connectivity index (χ2v) is 3.87. The first-order valence-corrected chi connectivity index (χ1v) is 5.24. The molecule has 0 atom stereocenters. The lowest BCUT2D eigenvalue weighted by atomic mass is 10.3. The second kappa shape index (κ2) is 4.44. The molecule has 1 aromatic rings. The molecule has 0 saturated carbocycles. The van der Waals surface area contributed by atoms with Gasteiger partial charge in [0.25, 0.3) is 0 Å². The summed E-state index contributed by atoms with van der Waals surface area (Å²) in [6, 6.07) is 2.04. The fraction of sp³-hybridized carbons (Fsp3) is 0.600. The number of anilines is 2. The zero-order valence-electron chi connectivity index (χ0n) is 9.27. The Bertz CT molecular complexity index is 319. The Morgan fingerprint density at radius 1 is 1.33 bits per heavy atom. The van der Waals surface area contributed by atoms with Gasteiger partial charge in [-0.25, -0.2) is 0 Å². The summed E-state index contributed by atoms with van der Waals surface area (Å²) in [6.45, 7) is 4.14. The largest absolute Gasteiger partial charge is 0.366 e. The van der Waals surface area contributed by atoms with Crippen LogP contribution < -0.4 is 15.1 Å². The minimum Gasteiger partial charge on any atom is -0.366 e. The highest BCUT2D eigenvalue weighted by molar-refractivity contribution is 5.65. The van der Waals surface area contributed by atoms with E-state index in [0.717, 1.165) is 32.0 Å². The summed E-state index contributed by atoms with van der Waals surface area (Å²) in [5.41, 5.74) is 1.18. The van der Waals surface area contributed by atoms with Crippen molar-refractivity contribution in [3.63, 3.8) is 0 Å². The average molecular weight is 207 g/mol. The third-order valence-electron chi connectivity index (χ3n) is 2.56. The molecule has 0 spiro atoms. The van der Waals surface area contributed by atoms with Gasteiger partial charge in [0, 0.05) is 40.3 Å². The molecule has 0 aromatic carbocycles. The van der Waals surface area contributed by atoms with Gasteiger partial charge >= 0.3 is 0 Å². The summed E-state index contributed by atoms with van der Waals surface area (Å²) in [5, 5.41) is 11.4. The second-order valence-electron chi connectivity index (χ2n) is 3.87. The van der Waals surface area contributed by atoms with E-state index < -0.39 is 0 Å². The predicted octanol–water partition coefficient (Wildman–Crippen LogP) is -0.0478. The van der Waals surface area contributed by atoms with Crippen LogP contribution in [0.4, 0.5) is 11.5 Å². The number of hydrogen-bond acceptors (Lipinski definition) is 5. The molecular weight excluding hydrogens is 190 g/mol. The van der Waals surface area contributed by atoms with Gasteiger partial charge in [0.05, 0.1) is 11.9 Å². The lowest BCUT2D eigenvalue weighted by Gasteiger charge is -2.31. The van der Waals surface area contributed by atoms with E-state index in [4.69, 9.17) is 0 Å². The molecule has 0 aliphatic carbocycles. The molecule has 15 heavy (non-hydrogen) atoms. The molecule has 0 unspecified atom stereocenters. The van der Waals surface area contributed by atoms with E-state index in [1.807, 2.05) is 25.1 Å². The van der Waals surface area contributed by atoms with E-state index in [1.165, 1.54) is 5.69 Å². The fourth-order valence-corrected chi connectivity index (χ4v) is 1.79. The molecule has 5 nitrogen and oxygen atoms in total. The zero-order valence-corrected chi connectivity index (χ0v) is 9.27. The standard InChI is InChI=1S/C10H17N5/c1-14(2)10-9(3-4-12-13-10)15-7-5-11-6-8-15/h3-4,11H,5-8H2,1-2H3. The van der Waals surface area contributed by atoms with Crippen molar-refractivity contribution in [1.29, 1.82) is 0 Å². The molecule has 0 amide bonds. The van der Waals surface area contributed by atoms with Crippen molar-refractivity contribution in [2.45, 2.75) is 0 Å². The SMILES string of the molecule is CN(C)c1nnccc1N1CCNCC1. The van der Waals surface area contributed by atoms with Crippen molar-refractivity contribution in [2.24, 2.45) is 0 Å². The summed E-state index contributed by atoms with van der Waals surface area (Å²) in [6.07, 6.45) is 1.75. The Hall–Kier alpha value is -1.36. The molecule has 1 aliphatic heterocycles. The van der Waals surface area contributed by atoms with Crippen LogP contribution in [0, 0.1) is 0 Å². The van der Waals surface area contributed by atoms with E-state index in [-0.39, 0.29) is 0 Å². The normalized spacial score (nSPS) is 16.5. The first-order valence-electron chi connectivity index (χ1n) is 5.24. The maximum Gasteiger partial charge on any atom is 0.174 e. The molecular formula is C10H17N5. The van der Waals surface area contributed by atoms with Crippen molar-refractivity contribution in [3.8, 4) is 0 Å². The molecule has 0 radical (unpaired) electrons. The first-order chi connectivity index (χ1) is 7.29. The molecule has 0 bridgehead atoms. The number of piperazine rings is 1. The van der Waals surface area contributed by atoms with Crippen LogP contribution in [-0.4, -0.2) is 50.5 Å². The summed E-state index contributed by atoms with van der Waals surface area (Å²) in [7, 11) is 3.99. The Morgan fingerprint density at radius 3 is 2.73 bits per heavy atom. The topological polar surface area (TPSA) is 44.3 Å². The molecule has 1 saturated heterocycles. The Kier molecular flexibility index (Phi) is 3.01. The van der Waals surface area contributed by atoms with Crippen molar-refractivity contribution in [2.75, 3.05) is 50.1 Å². The molecule has 2 heterocycles. The molecule has 1 fully saturated rings. The zero-order chi connectivity index (χ0) is 10.7. The summed E-state index contributed by atoms with van der Waals surface area (Å²) in [4.78, 5) is 4.35. The maximum atomic E-state index is 4.17. The molecule has 5 heteroatoms. The van der Waals surface area contributed by atoms with Crippen molar-refractivity contribution >= 4 is 11.5 Å². The number of nitrogens with one attached hydrogen (secondary N) is 1. The molecule has 1 N–H and O–H groups in total. The van der Waals surface area contributed by atoms with Crippen LogP contribution in [0.3, 0.4) is 0 Å². The van der Waals surface area contributed by atoms with Gasteiger partial charge in [-0.1, -0.05) is 0 Å². The van der Waals surface area contributed by atoms with E-state index in [2.05, 4.69) is 20.4 Å². The molecule has 1 aromatic heterocycles. The molecule has 2 rings (SSSR count). The van der Waals surface area contributed by atoms with Crippen LogP contribution in [0.25, 0.3) is 0 Å². The van der Waals surface area contributed by atoms with E-state index in [1.54, 1.807) is 6.20 Å². The van der Waals surface area contributed by atoms with Crippen LogP contribution in [0.15, 0.2) is 12.3 Å². The Balaban J connectivity index is 2.25. The summed E-state index contributed by atoms with van der Waals surface area (Å²) in [5.74, 6) is 0.944. The molecule has 82 valence electrons. The Labute approximate surface area is 90.1 Å². The van der Waals surface area contributed by atoms with Crippen molar-refractivity contribution in [3.05, 3.63) is 12.3 Å². The first kappa shape index (κ1) is 10.2.